The zero-order chi connectivity index (χ0) is 41.3. The van der Waals surface area contributed by atoms with E-state index in [0.717, 1.165) is 83.6 Å². The molecule has 6 atom stereocenters. The summed E-state index contributed by atoms with van der Waals surface area (Å²) in [6.45, 7) is 5.44. The highest BCUT2D eigenvalue weighted by Crippen LogP contribution is 2.48. The molecule has 4 heteroatoms. The molecular weight excluding hydrogens is 733 g/mol. The quantitative estimate of drug-likeness (QED) is 0.173. The van der Waals surface area contributed by atoms with Crippen LogP contribution >= 0.6 is 0 Å². The zero-order valence-electron chi connectivity index (χ0n) is 39.9. The van der Waals surface area contributed by atoms with Crippen molar-refractivity contribution in [3.05, 3.63) is 24.3 Å². The Kier molecular flexibility index (Phi) is 17.6. The van der Waals surface area contributed by atoms with Crippen molar-refractivity contribution in [2.45, 2.75) is 268 Å². The van der Waals surface area contributed by atoms with Crippen LogP contribution in [0.1, 0.15) is 219 Å². The molecule has 0 aliphatic heterocycles. The third-order valence-electron chi connectivity index (χ3n) is 19.5. The number of nitrogens with zero attached hydrogens (tertiary/aromatic N) is 2. The number of methoxy groups -OCH3 is 2. The van der Waals surface area contributed by atoms with Crippen LogP contribution in [0.5, 0.6) is 0 Å². The maximum absolute atomic E-state index is 5.66. The van der Waals surface area contributed by atoms with Crippen LogP contribution in [0.2, 0.25) is 0 Å². The topological polar surface area (TPSA) is 24.9 Å². The molecule has 0 aromatic heterocycles. The maximum atomic E-state index is 5.66. The molecule has 0 spiro atoms. The maximum Gasteiger partial charge on any atom is 0.0571 e. The first-order valence-electron chi connectivity index (χ1n) is 27.4. The van der Waals surface area contributed by atoms with Gasteiger partial charge in [-0.05, 0) is 214 Å². The van der Waals surface area contributed by atoms with E-state index >= 15 is 0 Å². The largest absolute Gasteiger partial charge is 0.381 e. The molecule has 8 fully saturated rings. The third kappa shape index (κ3) is 12.0. The van der Waals surface area contributed by atoms with E-state index in [1.54, 1.807) is 0 Å². The van der Waals surface area contributed by atoms with Crippen LogP contribution in [-0.4, -0.2) is 72.5 Å². The predicted molar refractivity (Wildman–Crippen MR) is 253 cm³/mol. The number of rotatable bonds is 13. The second-order valence-electron chi connectivity index (χ2n) is 23.2. The van der Waals surface area contributed by atoms with Crippen LogP contribution in [-0.2, 0) is 9.47 Å². The van der Waals surface area contributed by atoms with Crippen molar-refractivity contribution >= 4 is 0 Å². The molecular formula is C56H96N2O2. The molecule has 8 aliphatic rings. The first kappa shape index (κ1) is 45.9. The van der Waals surface area contributed by atoms with E-state index < -0.39 is 0 Å². The Balaban J connectivity index is 0.836. The lowest BCUT2D eigenvalue weighted by Gasteiger charge is -2.53. The molecule has 0 aromatic rings. The van der Waals surface area contributed by atoms with Gasteiger partial charge in [-0.2, -0.15) is 0 Å². The van der Waals surface area contributed by atoms with Crippen molar-refractivity contribution in [1.82, 2.24) is 9.80 Å². The number of ether oxygens (including phenoxy) is 2. The van der Waals surface area contributed by atoms with Crippen LogP contribution in [0.15, 0.2) is 24.3 Å². The van der Waals surface area contributed by atoms with Gasteiger partial charge < -0.3 is 9.47 Å². The molecule has 0 heterocycles. The van der Waals surface area contributed by atoms with E-state index in [0.29, 0.717) is 12.2 Å². The van der Waals surface area contributed by atoms with Crippen molar-refractivity contribution in [1.29, 1.82) is 0 Å². The van der Waals surface area contributed by atoms with Gasteiger partial charge in [0.15, 0.2) is 0 Å². The Morgan fingerprint density at radius 1 is 0.333 bits per heavy atom. The standard InChI is InChI=1S/C56H96N2O2/c1-41-39-47(27-37-55(41)57(49-11-7-5-8-12-49)51-29-19-43(20-30-51)15-17-45-23-33-53(59-3)34-24-45)48-28-38-56(42(2)40-48)58(50-13-9-6-10-14-50)52-31-21-44(22-32-52)16-18-46-25-35-54(60-4)36-26-46/h15-18,41-56H,5-14,19-40H2,1-4H3. The molecule has 0 amide bonds. The minimum Gasteiger partial charge on any atom is -0.381 e. The van der Waals surface area contributed by atoms with Crippen LogP contribution in [0.3, 0.4) is 0 Å². The molecule has 8 rings (SSSR count). The molecule has 0 saturated heterocycles. The summed E-state index contributed by atoms with van der Waals surface area (Å²) in [5.74, 6) is 6.92. The normalized spacial score (nSPS) is 42.4. The van der Waals surface area contributed by atoms with Gasteiger partial charge in [-0.3, -0.25) is 9.80 Å². The summed E-state index contributed by atoms with van der Waals surface area (Å²) in [4.78, 5) is 6.51. The smallest absolute Gasteiger partial charge is 0.0571 e. The lowest BCUT2D eigenvalue weighted by molar-refractivity contribution is -0.0362. The van der Waals surface area contributed by atoms with E-state index in [1.807, 2.05) is 14.2 Å². The fourth-order valence-corrected chi connectivity index (χ4v) is 15.9. The predicted octanol–water partition coefficient (Wildman–Crippen LogP) is 14.5. The Bertz CT molecular complexity index is 1170. The molecule has 0 radical (unpaired) electrons. The highest BCUT2D eigenvalue weighted by Gasteiger charge is 2.45. The number of hydrogen-bond donors (Lipinski definition) is 0. The van der Waals surface area contributed by atoms with Gasteiger partial charge in [-0.15, -0.1) is 0 Å². The average molecular weight is 829 g/mol. The molecule has 8 aliphatic carbocycles. The van der Waals surface area contributed by atoms with Crippen molar-refractivity contribution < 1.29 is 9.47 Å². The van der Waals surface area contributed by atoms with Crippen molar-refractivity contribution in [2.75, 3.05) is 14.2 Å². The van der Waals surface area contributed by atoms with E-state index in [2.05, 4.69) is 48.0 Å². The van der Waals surface area contributed by atoms with Crippen molar-refractivity contribution in [3.63, 3.8) is 0 Å². The molecule has 0 bridgehead atoms. The highest BCUT2D eigenvalue weighted by atomic mass is 16.5. The third-order valence-corrected chi connectivity index (χ3v) is 19.5. The monoisotopic (exact) mass is 829 g/mol. The number of hydrogen-bond acceptors (Lipinski definition) is 4. The number of allylic oxidation sites excluding steroid dienone is 4. The molecule has 4 nitrogen and oxygen atoms in total. The first-order valence-corrected chi connectivity index (χ1v) is 27.4. The summed E-state index contributed by atoms with van der Waals surface area (Å²) in [6.07, 6.45) is 57.3. The second kappa shape index (κ2) is 23.0. The lowest BCUT2D eigenvalue weighted by Crippen LogP contribution is -2.56. The van der Waals surface area contributed by atoms with Crippen LogP contribution in [0.4, 0.5) is 0 Å². The lowest BCUT2D eigenvalue weighted by atomic mass is 9.65. The van der Waals surface area contributed by atoms with Gasteiger partial charge >= 0.3 is 0 Å². The summed E-state index contributed by atoms with van der Waals surface area (Å²) in [6, 6.07) is 5.08. The highest BCUT2D eigenvalue weighted by molar-refractivity contribution is 5.03. The van der Waals surface area contributed by atoms with Crippen LogP contribution in [0.25, 0.3) is 0 Å². The second-order valence-corrected chi connectivity index (χ2v) is 23.2. The Hall–Kier alpha value is -0.680. The van der Waals surface area contributed by atoms with Gasteiger partial charge in [0, 0.05) is 50.5 Å². The average Bonchev–Trinajstić information content (AvgIpc) is 3.30. The molecule has 0 aromatic carbocycles. The Morgan fingerprint density at radius 3 is 0.933 bits per heavy atom. The van der Waals surface area contributed by atoms with Gasteiger partial charge in [-0.25, -0.2) is 0 Å². The summed E-state index contributed by atoms with van der Waals surface area (Å²) in [5, 5.41) is 0. The van der Waals surface area contributed by atoms with Gasteiger partial charge in [0.1, 0.15) is 0 Å². The molecule has 6 unspecified atom stereocenters. The van der Waals surface area contributed by atoms with Gasteiger partial charge in [0.25, 0.3) is 0 Å². The molecule has 8 saturated carbocycles. The zero-order valence-corrected chi connectivity index (χ0v) is 39.9. The van der Waals surface area contributed by atoms with Crippen LogP contribution in [0, 0.1) is 47.3 Å². The Morgan fingerprint density at radius 2 is 0.633 bits per heavy atom. The molecule has 0 N–H and O–H groups in total. The van der Waals surface area contributed by atoms with E-state index in [1.165, 1.54) is 205 Å². The SMILES string of the molecule is COC1CCC(C=CC2CCC(N(C3CCCCC3)C3CCC(C4CCC(N(C5CCCCC5)C5CCC(C=CC6CCC(OC)CC6)CC5)C(C)C4)CC3C)CC2)CC1. The summed E-state index contributed by atoms with van der Waals surface area (Å²) >= 11 is 0. The fraction of sp³-hybridized carbons (Fsp3) is 0.929. The molecule has 60 heavy (non-hydrogen) atoms. The van der Waals surface area contributed by atoms with E-state index in [4.69, 9.17) is 9.47 Å². The summed E-state index contributed by atoms with van der Waals surface area (Å²) in [7, 11) is 3.80. The summed E-state index contributed by atoms with van der Waals surface area (Å²) in [5.41, 5.74) is 0. The minimum atomic E-state index is 0.513. The first-order chi connectivity index (χ1) is 29.4. The fourth-order valence-electron chi connectivity index (χ4n) is 15.9. The van der Waals surface area contributed by atoms with Crippen molar-refractivity contribution in [2.24, 2.45) is 47.3 Å². The van der Waals surface area contributed by atoms with Crippen molar-refractivity contribution in [3.8, 4) is 0 Å². The van der Waals surface area contributed by atoms with Gasteiger partial charge in [0.2, 0.25) is 0 Å². The summed E-state index contributed by atoms with van der Waals surface area (Å²) < 4.78 is 11.3. The van der Waals surface area contributed by atoms with E-state index in [9.17, 15) is 0 Å². The van der Waals surface area contributed by atoms with E-state index in [-0.39, 0.29) is 0 Å². The Labute approximate surface area is 371 Å². The van der Waals surface area contributed by atoms with Crippen LogP contribution < -0.4 is 0 Å². The van der Waals surface area contributed by atoms with Gasteiger partial charge in [-0.1, -0.05) is 76.7 Å². The minimum absolute atomic E-state index is 0.513. The molecule has 342 valence electrons. The van der Waals surface area contributed by atoms with Gasteiger partial charge in [0.05, 0.1) is 12.2 Å².